The molecule has 1 saturated carbocycles. The number of nitrogens with one attached hydrogen (secondary N) is 1. The molecule has 0 bridgehead atoms. The predicted octanol–water partition coefficient (Wildman–Crippen LogP) is 3.98. The molecule has 0 radical (unpaired) electrons. The van der Waals surface area contributed by atoms with Crippen LogP contribution in [0.1, 0.15) is 50.8 Å². The molecule has 1 fully saturated rings. The van der Waals surface area contributed by atoms with Gasteiger partial charge in [0.1, 0.15) is 0 Å². The summed E-state index contributed by atoms with van der Waals surface area (Å²) in [5.41, 5.74) is 0. The Balaban J connectivity index is 1.87. The Morgan fingerprint density at radius 3 is 2.95 bits per heavy atom. The lowest BCUT2D eigenvalue weighted by Gasteiger charge is -2.36. The van der Waals surface area contributed by atoms with Crippen molar-refractivity contribution < 1.29 is 0 Å². The van der Waals surface area contributed by atoms with E-state index in [-0.39, 0.29) is 0 Å². The zero-order valence-electron chi connectivity index (χ0n) is 12.5. The second-order valence-corrected chi connectivity index (χ2v) is 6.92. The molecule has 0 spiro atoms. The van der Waals surface area contributed by atoms with Crippen molar-refractivity contribution in [1.82, 2.24) is 9.88 Å². The molecule has 2 rings (SSSR count). The molecule has 0 saturated heterocycles. The van der Waals surface area contributed by atoms with Crippen LogP contribution in [0.5, 0.6) is 0 Å². The van der Waals surface area contributed by atoms with Crippen LogP contribution in [0.2, 0.25) is 0 Å². The van der Waals surface area contributed by atoms with Gasteiger partial charge in [0.05, 0.1) is 0 Å². The first-order valence-corrected chi connectivity index (χ1v) is 8.41. The summed E-state index contributed by atoms with van der Waals surface area (Å²) < 4.78 is 0. The van der Waals surface area contributed by atoms with E-state index < -0.39 is 0 Å². The molecule has 0 aliphatic heterocycles. The van der Waals surface area contributed by atoms with E-state index in [0.717, 1.165) is 36.6 Å². The fourth-order valence-electron chi connectivity index (χ4n) is 3.01. The Kier molecular flexibility index (Phi) is 5.64. The van der Waals surface area contributed by atoms with E-state index in [2.05, 4.69) is 36.1 Å². The SMILES string of the molecule is CCCNc1ncc(CN(C)C2CCCCC2C)s1. The highest BCUT2D eigenvalue weighted by Crippen LogP contribution is 2.29. The molecule has 1 heterocycles. The van der Waals surface area contributed by atoms with Gasteiger partial charge >= 0.3 is 0 Å². The molecule has 1 aromatic rings. The van der Waals surface area contributed by atoms with Gasteiger partial charge in [0.2, 0.25) is 0 Å². The van der Waals surface area contributed by atoms with Crippen LogP contribution in [0.3, 0.4) is 0 Å². The summed E-state index contributed by atoms with van der Waals surface area (Å²) in [7, 11) is 2.27. The fraction of sp³-hybridized carbons (Fsp3) is 0.800. The van der Waals surface area contributed by atoms with Gasteiger partial charge in [-0.1, -0.05) is 26.7 Å². The minimum absolute atomic E-state index is 0.753. The van der Waals surface area contributed by atoms with Gasteiger partial charge < -0.3 is 5.32 Å². The highest BCUT2D eigenvalue weighted by molar-refractivity contribution is 7.15. The molecule has 19 heavy (non-hydrogen) atoms. The summed E-state index contributed by atoms with van der Waals surface area (Å²) in [5.74, 6) is 0.837. The van der Waals surface area contributed by atoms with Gasteiger partial charge in [-0.2, -0.15) is 0 Å². The first-order chi connectivity index (χ1) is 9.20. The summed E-state index contributed by atoms with van der Waals surface area (Å²) in [6, 6.07) is 0.753. The van der Waals surface area contributed by atoms with Crippen molar-refractivity contribution in [3.63, 3.8) is 0 Å². The van der Waals surface area contributed by atoms with Crippen LogP contribution >= 0.6 is 11.3 Å². The normalized spacial score (nSPS) is 23.8. The highest BCUT2D eigenvalue weighted by Gasteiger charge is 2.25. The summed E-state index contributed by atoms with van der Waals surface area (Å²) in [6.45, 7) is 6.64. The van der Waals surface area contributed by atoms with E-state index in [1.165, 1.54) is 30.6 Å². The Morgan fingerprint density at radius 1 is 1.42 bits per heavy atom. The van der Waals surface area contributed by atoms with E-state index in [0.29, 0.717) is 0 Å². The number of anilines is 1. The third-order valence-electron chi connectivity index (χ3n) is 4.12. The average Bonchev–Trinajstić information content (AvgIpc) is 2.84. The topological polar surface area (TPSA) is 28.2 Å². The van der Waals surface area contributed by atoms with Crippen LogP contribution in [0.25, 0.3) is 0 Å². The fourth-order valence-corrected chi connectivity index (χ4v) is 3.91. The van der Waals surface area contributed by atoms with E-state index >= 15 is 0 Å². The first-order valence-electron chi connectivity index (χ1n) is 7.59. The molecule has 2 atom stereocenters. The van der Waals surface area contributed by atoms with Gasteiger partial charge in [-0.15, -0.1) is 11.3 Å². The van der Waals surface area contributed by atoms with Crippen molar-refractivity contribution in [2.75, 3.05) is 18.9 Å². The summed E-state index contributed by atoms with van der Waals surface area (Å²) in [4.78, 5) is 8.35. The maximum Gasteiger partial charge on any atom is 0.182 e. The van der Waals surface area contributed by atoms with E-state index in [9.17, 15) is 0 Å². The lowest BCUT2D eigenvalue weighted by Crippen LogP contribution is -2.38. The van der Waals surface area contributed by atoms with Crippen LogP contribution in [0.15, 0.2) is 6.20 Å². The van der Waals surface area contributed by atoms with Crippen LogP contribution in [0.4, 0.5) is 5.13 Å². The smallest absolute Gasteiger partial charge is 0.182 e. The van der Waals surface area contributed by atoms with Crippen LogP contribution in [-0.4, -0.2) is 29.5 Å². The average molecular weight is 281 g/mol. The van der Waals surface area contributed by atoms with Gasteiger partial charge in [-0.05, 0) is 32.2 Å². The van der Waals surface area contributed by atoms with Crippen molar-refractivity contribution in [3.8, 4) is 0 Å². The standard InChI is InChI=1S/C15H27N3S/c1-4-9-16-15-17-10-13(19-15)11-18(3)14-8-6-5-7-12(14)2/h10,12,14H,4-9,11H2,1-3H3,(H,16,17). The molecule has 108 valence electrons. The van der Waals surface area contributed by atoms with Crippen LogP contribution in [-0.2, 0) is 6.54 Å². The predicted molar refractivity (Wildman–Crippen MR) is 83.8 cm³/mol. The van der Waals surface area contributed by atoms with Gasteiger partial charge in [0.25, 0.3) is 0 Å². The summed E-state index contributed by atoms with van der Waals surface area (Å²) in [6.07, 6.45) is 8.74. The minimum atomic E-state index is 0.753. The van der Waals surface area contributed by atoms with Crippen molar-refractivity contribution >= 4 is 16.5 Å². The molecule has 3 nitrogen and oxygen atoms in total. The molecular formula is C15H27N3S. The molecular weight excluding hydrogens is 254 g/mol. The zero-order valence-corrected chi connectivity index (χ0v) is 13.3. The Morgan fingerprint density at radius 2 is 2.21 bits per heavy atom. The Bertz CT molecular complexity index is 377. The molecule has 1 aliphatic rings. The lowest BCUT2D eigenvalue weighted by molar-refractivity contribution is 0.134. The number of hydrogen-bond donors (Lipinski definition) is 1. The first kappa shape index (κ1) is 14.8. The van der Waals surface area contributed by atoms with Gasteiger partial charge in [-0.3, -0.25) is 4.90 Å². The van der Waals surface area contributed by atoms with E-state index in [4.69, 9.17) is 0 Å². The van der Waals surface area contributed by atoms with Gasteiger partial charge in [0, 0.05) is 30.2 Å². The van der Waals surface area contributed by atoms with Crippen molar-refractivity contribution in [3.05, 3.63) is 11.1 Å². The summed E-state index contributed by atoms with van der Waals surface area (Å²) >= 11 is 1.80. The molecule has 1 aromatic heterocycles. The van der Waals surface area contributed by atoms with Crippen LogP contribution < -0.4 is 5.32 Å². The van der Waals surface area contributed by atoms with Crippen molar-refractivity contribution in [1.29, 1.82) is 0 Å². The van der Waals surface area contributed by atoms with Crippen LogP contribution in [0, 0.1) is 5.92 Å². The van der Waals surface area contributed by atoms with Gasteiger partial charge in [-0.25, -0.2) is 4.98 Å². The maximum atomic E-state index is 4.45. The lowest BCUT2D eigenvalue weighted by atomic mass is 9.85. The third kappa shape index (κ3) is 4.18. The molecule has 1 N–H and O–H groups in total. The summed E-state index contributed by atoms with van der Waals surface area (Å²) in [5, 5.41) is 4.44. The van der Waals surface area contributed by atoms with Gasteiger partial charge in [0.15, 0.2) is 5.13 Å². The van der Waals surface area contributed by atoms with Crippen molar-refractivity contribution in [2.24, 2.45) is 5.92 Å². The molecule has 2 unspecified atom stereocenters. The van der Waals surface area contributed by atoms with E-state index in [1.807, 2.05) is 6.20 Å². The van der Waals surface area contributed by atoms with Crippen molar-refractivity contribution in [2.45, 2.75) is 58.5 Å². The number of rotatable bonds is 6. The quantitative estimate of drug-likeness (QED) is 0.855. The second kappa shape index (κ2) is 7.25. The zero-order chi connectivity index (χ0) is 13.7. The number of nitrogens with zero attached hydrogens (tertiary/aromatic N) is 2. The second-order valence-electron chi connectivity index (χ2n) is 5.80. The third-order valence-corrected chi connectivity index (χ3v) is 5.06. The highest BCUT2D eigenvalue weighted by atomic mass is 32.1. The maximum absolute atomic E-state index is 4.45. The molecule has 1 aliphatic carbocycles. The monoisotopic (exact) mass is 281 g/mol. The number of aromatic nitrogens is 1. The molecule has 0 aromatic carbocycles. The Labute approximate surface area is 121 Å². The molecule has 4 heteroatoms. The number of thiazole rings is 1. The largest absolute Gasteiger partial charge is 0.362 e. The molecule has 0 amide bonds. The minimum Gasteiger partial charge on any atom is -0.362 e. The Hall–Kier alpha value is -0.610. The van der Waals surface area contributed by atoms with E-state index in [1.54, 1.807) is 11.3 Å². The number of hydrogen-bond acceptors (Lipinski definition) is 4.